The molecular formula is C20H21ClFN3O2. The van der Waals surface area contributed by atoms with E-state index in [1.54, 1.807) is 42.5 Å². The van der Waals surface area contributed by atoms with E-state index in [9.17, 15) is 9.18 Å². The predicted octanol–water partition coefficient (Wildman–Crippen LogP) is 4.67. The first-order chi connectivity index (χ1) is 13.1. The van der Waals surface area contributed by atoms with Gasteiger partial charge in [0.1, 0.15) is 6.67 Å². The van der Waals surface area contributed by atoms with Crippen LogP contribution in [0.5, 0.6) is 0 Å². The molecule has 0 unspecified atom stereocenters. The van der Waals surface area contributed by atoms with E-state index in [1.807, 2.05) is 12.1 Å². The highest BCUT2D eigenvalue weighted by molar-refractivity contribution is 6.32. The molecule has 0 atom stereocenters. The first kappa shape index (κ1) is 19.3. The highest BCUT2D eigenvalue weighted by Crippen LogP contribution is 2.28. The Hall–Kier alpha value is -2.44. The van der Waals surface area contributed by atoms with Crippen molar-refractivity contribution in [2.75, 3.05) is 25.5 Å². The molecule has 0 bridgehead atoms. The highest BCUT2D eigenvalue weighted by atomic mass is 35.5. The summed E-state index contributed by atoms with van der Waals surface area (Å²) >= 11 is 6.35. The number of rotatable bonds is 5. The molecule has 0 radical (unpaired) electrons. The lowest BCUT2D eigenvalue weighted by Gasteiger charge is -2.27. The van der Waals surface area contributed by atoms with Gasteiger partial charge in [-0.3, -0.25) is 4.98 Å². The van der Waals surface area contributed by atoms with Gasteiger partial charge in [0.2, 0.25) is 0 Å². The Morgan fingerprint density at radius 1 is 1.33 bits per heavy atom. The smallest absolute Gasteiger partial charge is 0.322 e. The maximum atomic E-state index is 12.6. The molecular weight excluding hydrogens is 369 g/mol. The number of nitrogens with one attached hydrogen (secondary N) is 1. The Morgan fingerprint density at radius 3 is 2.70 bits per heavy atom. The number of anilines is 1. The van der Waals surface area contributed by atoms with Gasteiger partial charge in [-0.2, -0.15) is 0 Å². The zero-order chi connectivity index (χ0) is 19.2. The number of aromatic nitrogens is 1. The third-order valence-electron chi connectivity index (χ3n) is 4.37. The van der Waals surface area contributed by atoms with Gasteiger partial charge in [-0.25, -0.2) is 9.18 Å². The molecule has 0 spiro atoms. The van der Waals surface area contributed by atoms with Crippen LogP contribution in [0.1, 0.15) is 23.2 Å². The quantitative estimate of drug-likeness (QED) is 0.808. The summed E-state index contributed by atoms with van der Waals surface area (Å²) in [6, 6.07) is 8.38. The summed E-state index contributed by atoms with van der Waals surface area (Å²) in [5, 5.41) is 3.41. The number of carbonyl (C=O) groups excluding carboxylic acids is 1. The molecule has 7 heteroatoms. The van der Waals surface area contributed by atoms with Crippen LogP contribution in [-0.4, -0.2) is 36.1 Å². The van der Waals surface area contributed by atoms with Gasteiger partial charge < -0.3 is 15.0 Å². The molecule has 2 amide bonds. The number of alkyl halides is 1. The maximum absolute atomic E-state index is 12.6. The summed E-state index contributed by atoms with van der Waals surface area (Å²) in [6.07, 6.45) is 4.40. The maximum Gasteiger partial charge on any atom is 0.322 e. The van der Waals surface area contributed by atoms with Crippen LogP contribution in [0.15, 0.2) is 42.6 Å². The molecule has 1 aliphatic rings. The summed E-state index contributed by atoms with van der Waals surface area (Å²) in [7, 11) is 1.63. The molecule has 5 nitrogen and oxygen atoms in total. The molecule has 1 aromatic heterocycles. The Balaban J connectivity index is 1.62. The first-order valence-corrected chi connectivity index (χ1v) is 9.02. The van der Waals surface area contributed by atoms with Crippen molar-refractivity contribution in [1.82, 2.24) is 9.88 Å². The zero-order valence-corrected chi connectivity index (χ0v) is 15.8. The van der Waals surface area contributed by atoms with Gasteiger partial charge in [0.05, 0.1) is 17.3 Å². The average molecular weight is 390 g/mol. The SMILES string of the molecule is COCc1cnc(C2=CCN(C(=O)Nc3ccc(CF)cc3)CC2)c(Cl)c1. The number of urea groups is 1. The lowest BCUT2D eigenvalue weighted by molar-refractivity contribution is 0.184. The molecule has 3 rings (SSSR count). The van der Waals surface area contributed by atoms with Crippen molar-refractivity contribution in [3.05, 3.63) is 64.4 Å². The van der Waals surface area contributed by atoms with Crippen molar-refractivity contribution < 1.29 is 13.9 Å². The lowest BCUT2D eigenvalue weighted by Crippen LogP contribution is -2.37. The number of ether oxygens (including phenoxy) is 1. The molecule has 2 heterocycles. The fraction of sp³-hybridized carbons (Fsp3) is 0.300. The predicted molar refractivity (Wildman–Crippen MR) is 104 cm³/mol. The summed E-state index contributed by atoms with van der Waals surface area (Å²) in [4.78, 5) is 18.6. The van der Waals surface area contributed by atoms with Gasteiger partial charge in [0.25, 0.3) is 0 Å². The van der Waals surface area contributed by atoms with Gasteiger partial charge in [0, 0.05) is 32.1 Å². The number of methoxy groups -OCH3 is 1. The van der Waals surface area contributed by atoms with Gasteiger partial charge in [0.15, 0.2) is 0 Å². The van der Waals surface area contributed by atoms with Gasteiger partial charge in [-0.05, 0) is 41.3 Å². The van der Waals surface area contributed by atoms with Crippen LogP contribution < -0.4 is 5.32 Å². The van der Waals surface area contributed by atoms with Crippen LogP contribution >= 0.6 is 11.6 Å². The normalized spacial score (nSPS) is 14.0. The van der Waals surface area contributed by atoms with Crippen LogP contribution in [-0.2, 0) is 18.0 Å². The summed E-state index contributed by atoms with van der Waals surface area (Å²) in [5.74, 6) is 0. The van der Waals surface area contributed by atoms with E-state index >= 15 is 0 Å². The Kier molecular flexibility index (Phi) is 6.42. The third kappa shape index (κ3) is 4.84. The minimum atomic E-state index is -0.517. The third-order valence-corrected chi connectivity index (χ3v) is 4.66. The van der Waals surface area contributed by atoms with Crippen molar-refractivity contribution in [2.24, 2.45) is 0 Å². The van der Waals surface area contributed by atoms with Crippen LogP contribution in [0.4, 0.5) is 14.9 Å². The number of amides is 2. The Morgan fingerprint density at radius 2 is 2.11 bits per heavy atom. The molecule has 1 aromatic carbocycles. The van der Waals surface area contributed by atoms with Gasteiger partial charge in [-0.15, -0.1) is 0 Å². The lowest BCUT2D eigenvalue weighted by atomic mass is 10.0. The van der Waals surface area contributed by atoms with Gasteiger partial charge >= 0.3 is 6.03 Å². The van der Waals surface area contributed by atoms with Gasteiger partial charge in [-0.1, -0.05) is 29.8 Å². The Bertz CT molecular complexity index is 840. The molecule has 0 fully saturated rings. The van der Waals surface area contributed by atoms with Crippen molar-refractivity contribution in [1.29, 1.82) is 0 Å². The van der Waals surface area contributed by atoms with E-state index in [0.717, 1.165) is 16.8 Å². The van der Waals surface area contributed by atoms with E-state index in [-0.39, 0.29) is 6.03 Å². The number of benzene rings is 1. The van der Waals surface area contributed by atoms with Crippen LogP contribution in [0.25, 0.3) is 5.57 Å². The van der Waals surface area contributed by atoms with E-state index in [1.165, 1.54) is 0 Å². The monoisotopic (exact) mass is 389 g/mol. The van der Waals surface area contributed by atoms with Crippen LogP contribution in [0.2, 0.25) is 5.02 Å². The second-order valence-corrected chi connectivity index (χ2v) is 6.70. The number of halogens is 2. The summed E-state index contributed by atoms with van der Waals surface area (Å²) in [6.45, 7) is 0.989. The second kappa shape index (κ2) is 8.97. The first-order valence-electron chi connectivity index (χ1n) is 8.64. The molecule has 0 saturated carbocycles. The van der Waals surface area contributed by atoms with Crippen molar-refractivity contribution in [3.8, 4) is 0 Å². The molecule has 0 saturated heterocycles. The van der Waals surface area contributed by atoms with E-state index in [2.05, 4.69) is 10.3 Å². The topological polar surface area (TPSA) is 54.5 Å². The second-order valence-electron chi connectivity index (χ2n) is 6.29. The molecule has 0 aliphatic carbocycles. The summed E-state index contributed by atoms with van der Waals surface area (Å²) < 4.78 is 17.6. The minimum absolute atomic E-state index is 0.187. The van der Waals surface area contributed by atoms with E-state index < -0.39 is 6.67 Å². The van der Waals surface area contributed by atoms with E-state index in [0.29, 0.717) is 42.4 Å². The standard InChI is InChI=1S/C20H21ClFN3O2/c1-27-13-15-10-18(21)19(23-12-15)16-6-8-25(9-7-16)20(26)24-17-4-2-14(11-22)3-5-17/h2-6,10,12H,7-9,11,13H2,1H3,(H,24,26). The van der Waals surface area contributed by atoms with Crippen molar-refractivity contribution in [2.45, 2.75) is 19.7 Å². The number of hydrogen-bond donors (Lipinski definition) is 1. The fourth-order valence-corrected chi connectivity index (χ4v) is 3.22. The molecule has 142 valence electrons. The molecule has 1 aliphatic heterocycles. The van der Waals surface area contributed by atoms with Crippen molar-refractivity contribution >= 4 is 28.9 Å². The van der Waals surface area contributed by atoms with Crippen LogP contribution in [0.3, 0.4) is 0 Å². The molecule has 27 heavy (non-hydrogen) atoms. The number of pyridine rings is 1. The fourth-order valence-electron chi connectivity index (χ4n) is 2.91. The van der Waals surface area contributed by atoms with E-state index in [4.69, 9.17) is 16.3 Å². The van der Waals surface area contributed by atoms with Crippen LogP contribution in [0, 0.1) is 0 Å². The summed E-state index contributed by atoms with van der Waals surface area (Å²) in [5.41, 5.74) is 3.92. The number of hydrogen-bond acceptors (Lipinski definition) is 3. The number of carbonyl (C=O) groups is 1. The Labute approximate surface area is 162 Å². The van der Waals surface area contributed by atoms with Crippen molar-refractivity contribution in [3.63, 3.8) is 0 Å². The zero-order valence-electron chi connectivity index (χ0n) is 15.0. The minimum Gasteiger partial charge on any atom is -0.380 e. The molecule has 2 aromatic rings. The highest BCUT2D eigenvalue weighted by Gasteiger charge is 2.20. The molecule has 1 N–H and O–H groups in total. The number of nitrogens with zero attached hydrogens (tertiary/aromatic N) is 2. The largest absolute Gasteiger partial charge is 0.380 e. The average Bonchev–Trinajstić information content (AvgIpc) is 2.69.